The molecule has 0 aliphatic rings. The Bertz CT molecular complexity index is 463. The van der Waals surface area contributed by atoms with Gasteiger partial charge in [-0.05, 0) is 43.4 Å². The van der Waals surface area contributed by atoms with Gasteiger partial charge >= 0.3 is 0 Å². The van der Waals surface area contributed by atoms with E-state index >= 15 is 0 Å². The molecule has 0 aromatic heterocycles. The lowest BCUT2D eigenvalue weighted by atomic mass is 9.82. The summed E-state index contributed by atoms with van der Waals surface area (Å²) in [5, 5.41) is 3.09. The predicted molar refractivity (Wildman–Crippen MR) is 88.9 cm³/mol. The summed E-state index contributed by atoms with van der Waals surface area (Å²) in [7, 11) is 0. The lowest BCUT2D eigenvalue weighted by Crippen LogP contribution is -2.46. The quantitative estimate of drug-likeness (QED) is 0.844. The van der Waals surface area contributed by atoms with Crippen LogP contribution in [-0.2, 0) is 10.5 Å². The summed E-state index contributed by atoms with van der Waals surface area (Å²) < 4.78 is 12.8. The first kappa shape index (κ1) is 18.0. The zero-order valence-electron chi connectivity index (χ0n) is 13.6. The van der Waals surface area contributed by atoms with E-state index in [-0.39, 0.29) is 22.7 Å². The second-order valence-electron chi connectivity index (χ2n) is 7.29. The van der Waals surface area contributed by atoms with Crippen molar-refractivity contribution in [3.8, 4) is 0 Å². The number of hydrogen-bond donors (Lipinski definition) is 1. The van der Waals surface area contributed by atoms with Gasteiger partial charge in [-0.25, -0.2) is 4.39 Å². The van der Waals surface area contributed by atoms with Crippen LogP contribution in [0, 0.1) is 11.2 Å². The van der Waals surface area contributed by atoms with Crippen molar-refractivity contribution in [2.24, 2.45) is 5.41 Å². The summed E-state index contributed by atoms with van der Waals surface area (Å²) in [4.78, 5) is 12.0. The Morgan fingerprint density at radius 1 is 1.14 bits per heavy atom. The van der Waals surface area contributed by atoms with Crippen molar-refractivity contribution in [1.82, 2.24) is 5.32 Å². The van der Waals surface area contributed by atoms with E-state index in [2.05, 4.69) is 39.9 Å². The summed E-state index contributed by atoms with van der Waals surface area (Å²) in [5.74, 6) is 0.958. The summed E-state index contributed by atoms with van der Waals surface area (Å²) in [6.07, 6.45) is 0.925. The number of thioether (sulfide) groups is 1. The third-order valence-electron chi connectivity index (χ3n) is 2.87. The number of rotatable bonds is 6. The van der Waals surface area contributed by atoms with Gasteiger partial charge in [0.05, 0.1) is 5.75 Å². The van der Waals surface area contributed by atoms with Crippen molar-refractivity contribution in [2.75, 3.05) is 5.75 Å². The van der Waals surface area contributed by atoms with Crippen LogP contribution in [0.15, 0.2) is 24.3 Å². The van der Waals surface area contributed by atoms with Gasteiger partial charge in [-0.1, -0.05) is 32.9 Å². The number of amides is 1. The van der Waals surface area contributed by atoms with E-state index in [0.717, 1.165) is 12.0 Å². The minimum atomic E-state index is -0.231. The molecule has 0 aliphatic carbocycles. The summed E-state index contributed by atoms with van der Waals surface area (Å²) in [6, 6.07) is 6.40. The maximum Gasteiger partial charge on any atom is 0.230 e. The molecule has 0 bridgehead atoms. The molecule has 1 amide bonds. The molecular weight excluding hydrogens is 285 g/mol. The van der Waals surface area contributed by atoms with Crippen molar-refractivity contribution in [1.29, 1.82) is 0 Å². The normalized spacial score (nSPS) is 12.3. The molecule has 0 heterocycles. The number of nitrogens with one attached hydrogen (secondary N) is 1. The van der Waals surface area contributed by atoms with Crippen LogP contribution in [0.2, 0.25) is 0 Å². The minimum Gasteiger partial charge on any atom is -0.350 e. The van der Waals surface area contributed by atoms with Crippen LogP contribution in [0.25, 0.3) is 0 Å². The number of carbonyl (C=O) groups is 1. The van der Waals surface area contributed by atoms with Gasteiger partial charge in [-0.15, -0.1) is 11.8 Å². The van der Waals surface area contributed by atoms with E-state index in [1.54, 1.807) is 23.9 Å². The minimum absolute atomic E-state index is 0.0522. The maximum atomic E-state index is 12.8. The summed E-state index contributed by atoms with van der Waals surface area (Å²) in [6.45, 7) is 10.6. The van der Waals surface area contributed by atoms with Gasteiger partial charge in [0.15, 0.2) is 0 Å². The summed E-state index contributed by atoms with van der Waals surface area (Å²) in [5.41, 5.74) is 1.01. The molecule has 118 valence electrons. The third-order valence-corrected chi connectivity index (χ3v) is 3.87. The molecule has 0 fully saturated rings. The Morgan fingerprint density at radius 3 is 2.24 bits per heavy atom. The average Bonchev–Trinajstić information content (AvgIpc) is 2.27. The molecule has 0 saturated heterocycles. The molecule has 21 heavy (non-hydrogen) atoms. The highest BCUT2D eigenvalue weighted by atomic mass is 32.2. The molecule has 0 spiro atoms. The van der Waals surface area contributed by atoms with Crippen molar-refractivity contribution in [3.05, 3.63) is 35.6 Å². The maximum absolute atomic E-state index is 12.8. The first-order valence-electron chi connectivity index (χ1n) is 7.21. The predicted octanol–water partition coefficient (Wildman–Crippen LogP) is 4.39. The summed E-state index contributed by atoms with van der Waals surface area (Å²) >= 11 is 1.54. The van der Waals surface area contributed by atoms with Gasteiger partial charge < -0.3 is 5.32 Å². The first-order chi connectivity index (χ1) is 9.57. The van der Waals surface area contributed by atoms with Crippen molar-refractivity contribution >= 4 is 17.7 Å². The molecule has 0 unspecified atom stereocenters. The first-order valence-corrected chi connectivity index (χ1v) is 8.36. The number of halogens is 1. The largest absolute Gasteiger partial charge is 0.350 e. The molecule has 0 saturated carbocycles. The van der Waals surface area contributed by atoms with Gasteiger partial charge in [-0.3, -0.25) is 4.79 Å². The standard InChI is InChI=1S/C17H26FNOS/c1-16(2,3)12-17(4,5)19-15(20)11-21-10-13-6-8-14(18)9-7-13/h6-9H,10-12H2,1-5H3,(H,19,20). The van der Waals surface area contributed by atoms with Gasteiger partial charge in [0.25, 0.3) is 0 Å². The van der Waals surface area contributed by atoms with E-state index in [0.29, 0.717) is 11.5 Å². The lowest BCUT2D eigenvalue weighted by Gasteiger charge is -2.33. The monoisotopic (exact) mass is 311 g/mol. The molecule has 0 aliphatic heterocycles. The Kier molecular flexibility index (Phi) is 6.26. The van der Waals surface area contributed by atoms with E-state index < -0.39 is 0 Å². The fourth-order valence-corrected chi connectivity index (χ4v) is 3.41. The number of benzene rings is 1. The number of carbonyl (C=O) groups excluding carboxylic acids is 1. The average molecular weight is 311 g/mol. The van der Waals surface area contributed by atoms with Gasteiger partial charge in [0, 0.05) is 11.3 Å². The smallest absolute Gasteiger partial charge is 0.230 e. The zero-order valence-corrected chi connectivity index (χ0v) is 14.4. The SMILES string of the molecule is CC(C)(C)CC(C)(C)NC(=O)CSCc1ccc(F)cc1. The molecule has 2 nitrogen and oxygen atoms in total. The Hall–Kier alpha value is -1.03. The molecule has 1 aromatic rings. The van der Waals surface area contributed by atoms with Crippen LogP contribution in [-0.4, -0.2) is 17.2 Å². The molecule has 4 heteroatoms. The Balaban J connectivity index is 2.35. The Morgan fingerprint density at radius 2 is 1.71 bits per heavy atom. The van der Waals surface area contributed by atoms with Crippen LogP contribution in [0.1, 0.15) is 46.6 Å². The zero-order chi connectivity index (χ0) is 16.1. The molecule has 1 rings (SSSR count). The van der Waals surface area contributed by atoms with E-state index in [1.807, 2.05) is 0 Å². The highest BCUT2D eigenvalue weighted by Gasteiger charge is 2.26. The second-order valence-corrected chi connectivity index (χ2v) is 8.27. The highest BCUT2D eigenvalue weighted by molar-refractivity contribution is 7.99. The van der Waals surface area contributed by atoms with Crippen molar-refractivity contribution in [2.45, 2.75) is 52.3 Å². The topological polar surface area (TPSA) is 29.1 Å². The molecule has 0 radical (unpaired) electrons. The van der Waals surface area contributed by atoms with Gasteiger partial charge in [0.1, 0.15) is 5.82 Å². The lowest BCUT2D eigenvalue weighted by molar-refractivity contribution is -0.120. The highest BCUT2D eigenvalue weighted by Crippen LogP contribution is 2.26. The fraction of sp³-hybridized carbons (Fsp3) is 0.588. The molecular formula is C17H26FNOS. The molecule has 1 N–H and O–H groups in total. The van der Waals surface area contributed by atoms with E-state index in [4.69, 9.17) is 0 Å². The van der Waals surface area contributed by atoms with Crippen LogP contribution < -0.4 is 5.32 Å². The third kappa shape index (κ3) is 8.10. The van der Waals surface area contributed by atoms with E-state index in [1.165, 1.54) is 12.1 Å². The van der Waals surface area contributed by atoms with Crippen LogP contribution in [0.4, 0.5) is 4.39 Å². The van der Waals surface area contributed by atoms with Gasteiger partial charge in [0.2, 0.25) is 5.91 Å². The number of hydrogen-bond acceptors (Lipinski definition) is 2. The Labute approximate surface area is 131 Å². The van der Waals surface area contributed by atoms with Crippen LogP contribution >= 0.6 is 11.8 Å². The van der Waals surface area contributed by atoms with Crippen molar-refractivity contribution in [3.63, 3.8) is 0 Å². The van der Waals surface area contributed by atoms with E-state index in [9.17, 15) is 9.18 Å². The molecule has 1 aromatic carbocycles. The molecule has 0 atom stereocenters. The second kappa shape index (κ2) is 7.30. The van der Waals surface area contributed by atoms with Crippen LogP contribution in [0.5, 0.6) is 0 Å². The van der Waals surface area contributed by atoms with Crippen LogP contribution in [0.3, 0.4) is 0 Å². The van der Waals surface area contributed by atoms with Gasteiger partial charge in [-0.2, -0.15) is 0 Å². The fourth-order valence-electron chi connectivity index (χ4n) is 2.63. The van der Waals surface area contributed by atoms with Crippen molar-refractivity contribution < 1.29 is 9.18 Å².